The molecule has 0 aliphatic rings. The lowest BCUT2D eigenvalue weighted by Gasteiger charge is -2.09. The van der Waals surface area contributed by atoms with Crippen LogP contribution in [0.3, 0.4) is 0 Å². The Morgan fingerprint density at radius 3 is 1.43 bits per heavy atom. The van der Waals surface area contributed by atoms with E-state index in [9.17, 15) is 21.4 Å². The molecule has 0 atom stereocenters. The van der Waals surface area contributed by atoms with Gasteiger partial charge in [0, 0.05) is 0 Å². The molecule has 0 N–H and O–H groups in total. The zero-order valence-electron chi connectivity index (χ0n) is 13.8. The van der Waals surface area contributed by atoms with Gasteiger partial charge in [-0.25, -0.2) is 8.37 Å². The highest BCUT2D eigenvalue weighted by Gasteiger charge is 2.20. The summed E-state index contributed by atoms with van der Waals surface area (Å²) in [6, 6.07) is 11.1. The Morgan fingerprint density at radius 1 is 0.714 bits per heavy atom. The van der Waals surface area contributed by atoms with Gasteiger partial charge in [-0.15, -0.1) is 0 Å². The van der Waals surface area contributed by atoms with Crippen LogP contribution in [-0.2, 0) is 42.2 Å². The summed E-state index contributed by atoms with van der Waals surface area (Å²) in [5.74, 6) is 0. The summed E-state index contributed by atoms with van der Waals surface area (Å²) in [7, 11) is -11.8. The molecular weight excluding hydrogens is 478 g/mol. The van der Waals surface area contributed by atoms with Crippen molar-refractivity contribution in [1.82, 2.24) is 0 Å². The molecule has 0 saturated heterocycles. The van der Waals surface area contributed by atoms with Crippen molar-refractivity contribution >= 4 is 51.7 Å². The van der Waals surface area contributed by atoms with Crippen molar-refractivity contribution < 1.29 is 38.8 Å². The molecule has 0 saturated carbocycles. The molecule has 0 fully saturated rings. The molecule has 154 valence electrons. The zero-order valence-corrected chi connectivity index (χ0v) is 17.9. The Morgan fingerprint density at radius 2 is 1.07 bits per heavy atom. The predicted octanol–water partition coefficient (Wildman–Crippen LogP) is 3.44. The van der Waals surface area contributed by atoms with Gasteiger partial charge in [-0.05, 0) is 24.3 Å². The molecule has 9 nitrogen and oxygen atoms in total. The molecule has 0 heterocycles. The second-order valence-corrected chi connectivity index (χ2v) is 9.84. The maximum Gasteiger partial charge on any atom is 0.323 e. The van der Waals surface area contributed by atoms with Crippen LogP contribution in [0.2, 0.25) is 10.0 Å². The average molecular weight is 491 g/mol. The number of rotatable bonds is 10. The minimum atomic E-state index is -4.25. The van der Waals surface area contributed by atoms with Crippen LogP contribution in [0.25, 0.3) is 0 Å². The first-order chi connectivity index (χ1) is 13.1. The van der Waals surface area contributed by atoms with Gasteiger partial charge < -0.3 is 0 Å². The van der Waals surface area contributed by atoms with E-state index in [0.29, 0.717) is 0 Å². The van der Waals surface area contributed by atoms with Gasteiger partial charge in [0.1, 0.15) is 9.79 Å². The quantitative estimate of drug-likeness (QED) is 0.279. The van der Waals surface area contributed by atoms with Crippen molar-refractivity contribution in [2.45, 2.75) is 9.79 Å². The monoisotopic (exact) mass is 490 g/mol. The van der Waals surface area contributed by atoms with Crippen LogP contribution in [0.1, 0.15) is 0 Å². The summed E-state index contributed by atoms with van der Waals surface area (Å²) in [6.45, 7) is -1.88. The molecule has 0 amide bonds. The Hall–Kier alpha value is -1.01. The molecule has 0 bridgehead atoms. The van der Waals surface area contributed by atoms with Gasteiger partial charge >= 0.3 is 28.5 Å². The first-order valence-corrected chi connectivity index (χ1v) is 12.0. The van der Waals surface area contributed by atoms with E-state index in [2.05, 4.69) is 17.4 Å². The highest BCUT2D eigenvalue weighted by molar-refractivity contribution is 7.87. The molecule has 0 aliphatic carbocycles. The minimum absolute atomic E-state index is 0.0652. The van der Waals surface area contributed by atoms with Crippen LogP contribution in [0.5, 0.6) is 0 Å². The van der Waals surface area contributed by atoms with E-state index in [1.165, 1.54) is 48.5 Å². The van der Waals surface area contributed by atoms with Gasteiger partial charge in [0.05, 0.1) is 10.0 Å². The average Bonchev–Trinajstić information content (AvgIpc) is 2.62. The summed E-state index contributed by atoms with van der Waals surface area (Å²) in [4.78, 5) is -0.593. The van der Waals surface area contributed by atoms with Crippen LogP contribution in [0.15, 0.2) is 58.3 Å². The smallest absolute Gasteiger partial charge is 0.282 e. The van der Waals surface area contributed by atoms with Crippen molar-refractivity contribution in [3.8, 4) is 0 Å². The molecular formula is C14H13Cl2O9PS2. The normalized spacial score (nSPS) is 12.4. The molecule has 2 rings (SSSR count). The van der Waals surface area contributed by atoms with E-state index in [4.69, 9.17) is 23.2 Å². The van der Waals surface area contributed by atoms with Gasteiger partial charge in [-0.2, -0.15) is 16.8 Å². The molecule has 0 unspecified atom stereocenters. The number of hydrogen-bond acceptors (Lipinski definition) is 9. The molecule has 0 spiro atoms. The number of hydrogen-bond donors (Lipinski definition) is 0. The van der Waals surface area contributed by atoms with Gasteiger partial charge in [0.15, 0.2) is 13.6 Å². The third kappa shape index (κ3) is 6.51. The third-order valence-electron chi connectivity index (χ3n) is 2.97. The molecule has 0 radical (unpaired) electrons. The highest BCUT2D eigenvalue weighted by atomic mass is 35.5. The second kappa shape index (κ2) is 10.1. The van der Waals surface area contributed by atoms with Gasteiger partial charge in [-0.1, -0.05) is 47.5 Å². The van der Waals surface area contributed by atoms with E-state index in [1.54, 1.807) is 0 Å². The van der Waals surface area contributed by atoms with Crippen molar-refractivity contribution in [2.75, 3.05) is 13.6 Å². The fraction of sp³-hybridized carbons (Fsp3) is 0.143. The molecule has 2 aromatic rings. The molecule has 28 heavy (non-hydrogen) atoms. The van der Waals surface area contributed by atoms with Crippen molar-refractivity contribution in [1.29, 1.82) is 0 Å². The highest BCUT2D eigenvalue weighted by Crippen LogP contribution is 2.28. The second-order valence-electron chi connectivity index (χ2n) is 4.78. The van der Waals surface area contributed by atoms with Crippen LogP contribution in [0.4, 0.5) is 0 Å². The fourth-order valence-electron chi connectivity index (χ4n) is 1.73. The van der Waals surface area contributed by atoms with Crippen LogP contribution in [-0.4, -0.2) is 30.4 Å². The largest absolute Gasteiger partial charge is 0.323 e. The molecule has 2 aromatic carbocycles. The summed E-state index contributed by atoms with van der Waals surface area (Å²) >= 11 is 11.5. The van der Waals surface area contributed by atoms with E-state index < -0.39 is 42.1 Å². The molecule has 0 aromatic heterocycles. The SMILES string of the molecule is O=[PH](OCOS(=O)(=O)c1ccccc1Cl)OCOS(=O)(=O)c1ccccc1Cl. The topological polar surface area (TPSA) is 122 Å². The Bertz CT molecular complexity index is 974. The fourth-order valence-corrected chi connectivity index (χ4v) is 4.85. The first-order valence-electron chi connectivity index (χ1n) is 7.21. The Kier molecular flexibility index (Phi) is 8.44. The summed E-state index contributed by atoms with van der Waals surface area (Å²) < 4.78 is 77.5. The van der Waals surface area contributed by atoms with E-state index in [1.807, 2.05) is 0 Å². The van der Waals surface area contributed by atoms with Crippen LogP contribution < -0.4 is 0 Å². The number of halogens is 2. The zero-order chi connectivity index (χ0) is 20.8. The predicted molar refractivity (Wildman–Crippen MR) is 100 cm³/mol. The Labute approximate surface area is 172 Å². The maximum atomic E-state index is 11.9. The van der Waals surface area contributed by atoms with Crippen LogP contribution in [0, 0.1) is 0 Å². The third-order valence-corrected chi connectivity index (χ3v) is 7.16. The van der Waals surface area contributed by atoms with E-state index >= 15 is 0 Å². The summed E-state index contributed by atoms with van der Waals surface area (Å²) in [5, 5.41) is -0.130. The van der Waals surface area contributed by atoms with Gasteiger partial charge in [0.2, 0.25) is 0 Å². The number of benzene rings is 2. The lowest BCUT2D eigenvalue weighted by Crippen LogP contribution is -2.10. The lowest BCUT2D eigenvalue weighted by atomic mass is 10.4. The maximum absolute atomic E-state index is 11.9. The lowest BCUT2D eigenvalue weighted by molar-refractivity contribution is 0.0754. The Balaban J connectivity index is 1.81. The van der Waals surface area contributed by atoms with E-state index in [0.717, 1.165) is 0 Å². The standard InChI is InChI=1S/C14H13Cl2O9PS2/c15-11-5-1-3-7-13(11)27(18,19)24-9-22-26(17)23-10-25-28(20,21)14-8-4-2-6-12(14)16/h1-8,26H,9-10H2. The molecule has 14 heteroatoms. The van der Waals surface area contributed by atoms with E-state index in [-0.39, 0.29) is 19.8 Å². The summed E-state index contributed by atoms with van der Waals surface area (Å²) in [6.07, 6.45) is 0. The summed E-state index contributed by atoms with van der Waals surface area (Å²) in [5.41, 5.74) is 0. The molecule has 0 aliphatic heterocycles. The van der Waals surface area contributed by atoms with Crippen molar-refractivity contribution in [3.63, 3.8) is 0 Å². The van der Waals surface area contributed by atoms with Crippen molar-refractivity contribution in [3.05, 3.63) is 58.6 Å². The van der Waals surface area contributed by atoms with Gasteiger partial charge in [0.25, 0.3) is 0 Å². The van der Waals surface area contributed by atoms with Crippen LogP contribution >= 0.6 is 31.5 Å². The van der Waals surface area contributed by atoms with Crippen molar-refractivity contribution in [2.24, 2.45) is 0 Å². The first kappa shape index (κ1) is 23.3. The minimum Gasteiger partial charge on any atom is -0.282 e. The van der Waals surface area contributed by atoms with Gasteiger partial charge in [-0.3, -0.25) is 13.6 Å².